The molecule has 116 valence electrons. The molecule has 0 aromatic heterocycles. The van der Waals surface area contributed by atoms with Gasteiger partial charge in [-0.1, -0.05) is 5.92 Å². The average molecular weight is 296 g/mol. The number of hydrogen-bond acceptors (Lipinski definition) is 4. The first-order valence-corrected chi connectivity index (χ1v) is 6.85. The van der Waals surface area contributed by atoms with Gasteiger partial charge in [0.25, 0.3) is 0 Å². The van der Waals surface area contributed by atoms with Crippen LogP contribution in [0.2, 0.25) is 0 Å². The van der Waals surface area contributed by atoms with Crippen molar-refractivity contribution in [1.29, 1.82) is 0 Å². The number of carboxylic acid groups (broad SMARTS) is 1. The molecule has 0 bridgehead atoms. The summed E-state index contributed by atoms with van der Waals surface area (Å²) in [6.45, 7) is 2.21. The Kier molecular flexibility index (Phi) is 6.53. The zero-order valence-electron chi connectivity index (χ0n) is 12.1. The number of carbonyl (C=O) groups excluding carboxylic acids is 2. The van der Waals surface area contributed by atoms with E-state index in [0.29, 0.717) is 26.0 Å². The lowest BCUT2D eigenvalue weighted by atomic mass is 9.98. The summed E-state index contributed by atoms with van der Waals surface area (Å²) in [6, 6.07) is -0.454. The molecule has 1 aliphatic heterocycles. The van der Waals surface area contributed by atoms with E-state index in [9.17, 15) is 14.4 Å². The minimum Gasteiger partial charge on any atom is -0.480 e. The van der Waals surface area contributed by atoms with E-state index in [4.69, 9.17) is 16.3 Å². The van der Waals surface area contributed by atoms with Crippen molar-refractivity contribution >= 4 is 18.0 Å². The molecule has 2 amide bonds. The normalized spacial score (nSPS) is 17.7. The lowest BCUT2D eigenvalue weighted by molar-refractivity contribution is -0.149. The van der Waals surface area contributed by atoms with Gasteiger partial charge in [0, 0.05) is 13.1 Å². The summed E-state index contributed by atoms with van der Waals surface area (Å²) in [7, 11) is 0. The molecular weight excluding hydrogens is 276 g/mol. The third-order valence-electron chi connectivity index (χ3n) is 3.19. The predicted molar refractivity (Wildman–Crippen MR) is 74.4 cm³/mol. The number of aliphatic carboxylic acids is 1. The second-order valence-electron chi connectivity index (χ2n) is 4.77. The predicted octanol–water partition coefficient (Wildman–Crippen LogP) is 0.401. The van der Waals surface area contributed by atoms with Crippen LogP contribution in [0, 0.1) is 18.3 Å². The van der Waals surface area contributed by atoms with Gasteiger partial charge >= 0.3 is 18.0 Å². The number of ether oxygens (including phenoxy) is 1. The van der Waals surface area contributed by atoms with Crippen LogP contribution in [0.25, 0.3) is 0 Å². The maximum Gasteiger partial charge on any atom is 0.323 e. The van der Waals surface area contributed by atoms with Gasteiger partial charge in [0.05, 0.1) is 19.1 Å². The second kappa shape index (κ2) is 8.15. The number of piperidine rings is 1. The Labute approximate surface area is 123 Å². The monoisotopic (exact) mass is 296 g/mol. The summed E-state index contributed by atoms with van der Waals surface area (Å²) in [5, 5.41) is 8.81. The molecule has 1 heterocycles. The van der Waals surface area contributed by atoms with Gasteiger partial charge in [0.2, 0.25) is 0 Å². The van der Waals surface area contributed by atoms with E-state index in [0.717, 1.165) is 4.90 Å². The van der Waals surface area contributed by atoms with Gasteiger partial charge in [-0.25, -0.2) is 4.79 Å². The van der Waals surface area contributed by atoms with Gasteiger partial charge in [0.1, 0.15) is 6.54 Å². The van der Waals surface area contributed by atoms with Crippen LogP contribution < -0.4 is 0 Å². The molecule has 7 nitrogen and oxygen atoms in total. The number of urea groups is 1. The van der Waals surface area contributed by atoms with Crippen LogP contribution in [0.4, 0.5) is 4.79 Å². The summed E-state index contributed by atoms with van der Waals surface area (Å²) in [5.41, 5.74) is 0. The molecule has 0 aromatic carbocycles. The molecule has 0 aliphatic carbocycles. The Hall–Kier alpha value is -2.23. The summed E-state index contributed by atoms with van der Waals surface area (Å²) < 4.78 is 4.96. The van der Waals surface area contributed by atoms with E-state index in [1.807, 2.05) is 0 Å². The highest BCUT2D eigenvalue weighted by Gasteiger charge is 2.31. The topological polar surface area (TPSA) is 87.2 Å². The van der Waals surface area contributed by atoms with Crippen LogP contribution in [0.5, 0.6) is 0 Å². The number of rotatable bonds is 5. The van der Waals surface area contributed by atoms with Crippen molar-refractivity contribution in [1.82, 2.24) is 9.80 Å². The fourth-order valence-corrected chi connectivity index (χ4v) is 2.27. The third kappa shape index (κ3) is 4.99. The van der Waals surface area contributed by atoms with Gasteiger partial charge in [-0.3, -0.25) is 9.59 Å². The van der Waals surface area contributed by atoms with Gasteiger partial charge < -0.3 is 19.6 Å². The Bertz CT molecular complexity index is 443. The van der Waals surface area contributed by atoms with Gasteiger partial charge in [-0.2, -0.15) is 0 Å². The summed E-state index contributed by atoms with van der Waals surface area (Å²) >= 11 is 0. The van der Waals surface area contributed by atoms with Crippen LogP contribution in [0.15, 0.2) is 0 Å². The Morgan fingerprint density at radius 1 is 1.48 bits per heavy atom. The van der Waals surface area contributed by atoms with Crippen LogP contribution in [0.3, 0.4) is 0 Å². The molecule has 0 spiro atoms. The van der Waals surface area contributed by atoms with Crippen LogP contribution in [-0.2, 0) is 14.3 Å². The number of carboxylic acids is 1. The maximum atomic E-state index is 12.3. The number of terminal acetylenes is 1. The highest BCUT2D eigenvalue weighted by atomic mass is 16.5. The van der Waals surface area contributed by atoms with Crippen molar-refractivity contribution in [3.8, 4) is 12.3 Å². The minimum absolute atomic E-state index is 0.0777. The van der Waals surface area contributed by atoms with E-state index in [1.165, 1.54) is 4.90 Å². The second-order valence-corrected chi connectivity index (χ2v) is 4.77. The van der Waals surface area contributed by atoms with E-state index in [1.54, 1.807) is 6.92 Å². The van der Waals surface area contributed by atoms with Crippen molar-refractivity contribution in [2.75, 3.05) is 32.8 Å². The summed E-state index contributed by atoms with van der Waals surface area (Å²) in [5.74, 6) is 0.460. The van der Waals surface area contributed by atoms with Gasteiger partial charge in [0.15, 0.2) is 0 Å². The fourth-order valence-electron chi connectivity index (χ4n) is 2.27. The highest BCUT2D eigenvalue weighted by Crippen LogP contribution is 2.19. The molecule has 1 aliphatic rings. The van der Waals surface area contributed by atoms with Crippen molar-refractivity contribution in [3.63, 3.8) is 0 Å². The average Bonchev–Trinajstić information content (AvgIpc) is 2.46. The number of likely N-dealkylation sites (tertiary alicyclic amines) is 1. The van der Waals surface area contributed by atoms with E-state index < -0.39 is 18.5 Å². The molecular formula is C14H20N2O5. The zero-order valence-corrected chi connectivity index (χ0v) is 12.1. The third-order valence-corrected chi connectivity index (χ3v) is 3.19. The Morgan fingerprint density at radius 3 is 2.76 bits per heavy atom. The van der Waals surface area contributed by atoms with Gasteiger partial charge in [-0.05, 0) is 19.8 Å². The van der Waals surface area contributed by atoms with Crippen LogP contribution >= 0.6 is 0 Å². The standard InChI is InChI=1S/C14H20N2O5/c1-3-7-15(10-12(17)18)14(20)16-8-5-6-11(9-16)13(19)21-4-2/h1,11H,4-10H2,2H3,(H,17,18). The van der Waals surface area contributed by atoms with Crippen LogP contribution in [-0.4, -0.2) is 65.7 Å². The molecule has 0 saturated carbocycles. The number of nitrogens with zero attached hydrogens (tertiary/aromatic N) is 2. The largest absolute Gasteiger partial charge is 0.480 e. The first-order chi connectivity index (χ1) is 9.99. The van der Waals surface area contributed by atoms with E-state index in [-0.39, 0.29) is 25.0 Å². The SMILES string of the molecule is C#CCN(CC(=O)O)C(=O)N1CCCC(C(=O)OCC)C1. The van der Waals surface area contributed by atoms with Crippen molar-refractivity contribution in [3.05, 3.63) is 0 Å². The van der Waals surface area contributed by atoms with Crippen molar-refractivity contribution in [2.45, 2.75) is 19.8 Å². The van der Waals surface area contributed by atoms with E-state index in [2.05, 4.69) is 5.92 Å². The Morgan fingerprint density at radius 2 is 2.19 bits per heavy atom. The fraction of sp³-hybridized carbons (Fsp3) is 0.643. The van der Waals surface area contributed by atoms with Gasteiger partial charge in [-0.15, -0.1) is 6.42 Å². The quantitative estimate of drug-likeness (QED) is 0.586. The molecule has 1 atom stereocenters. The first kappa shape index (κ1) is 16.8. The molecule has 1 saturated heterocycles. The molecule has 0 aromatic rings. The molecule has 1 unspecified atom stereocenters. The van der Waals surface area contributed by atoms with E-state index >= 15 is 0 Å². The Balaban J connectivity index is 2.69. The molecule has 0 radical (unpaired) electrons. The lowest BCUT2D eigenvalue weighted by Gasteiger charge is -2.34. The molecule has 1 rings (SSSR count). The number of carbonyl (C=O) groups is 3. The minimum atomic E-state index is -1.13. The number of esters is 1. The van der Waals surface area contributed by atoms with Crippen molar-refractivity contribution in [2.24, 2.45) is 5.92 Å². The maximum absolute atomic E-state index is 12.3. The first-order valence-electron chi connectivity index (χ1n) is 6.85. The summed E-state index contributed by atoms with van der Waals surface area (Å²) in [6.07, 6.45) is 6.49. The molecule has 1 fully saturated rings. The highest BCUT2D eigenvalue weighted by molar-refractivity contribution is 5.81. The van der Waals surface area contributed by atoms with Crippen LogP contribution in [0.1, 0.15) is 19.8 Å². The smallest absolute Gasteiger partial charge is 0.323 e. The number of amides is 2. The molecule has 21 heavy (non-hydrogen) atoms. The lowest BCUT2D eigenvalue weighted by Crippen LogP contribution is -2.50. The van der Waals surface area contributed by atoms with Crippen molar-refractivity contribution < 1.29 is 24.2 Å². The molecule has 7 heteroatoms. The zero-order chi connectivity index (χ0) is 15.8. The number of hydrogen-bond donors (Lipinski definition) is 1. The molecule has 1 N–H and O–H groups in total. The summed E-state index contributed by atoms with van der Waals surface area (Å²) in [4.78, 5) is 37.3.